The lowest BCUT2D eigenvalue weighted by Gasteiger charge is -2.10. The first-order chi connectivity index (χ1) is 15.0. The van der Waals surface area contributed by atoms with Crippen LogP contribution in [0.5, 0.6) is 11.5 Å². The van der Waals surface area contributed by atoms with E-state index in [0.717, 1.165) is 11.3 Å². The molecule has 8 heteroatoms. The van der Waals surface area contributed by atoms with Gasteiger partial charge >= 0.3 is 5.97 Å². The van der Waals surface area contributed by atoms with Crippen molar-refractivity contribution in [3.05, 3.63) is 77.7 Å². The molecule has 8 nitrogen and oxygen atoms in total. The van der Waals surface area contributed by atoms with Crippen molar-refractivity contribution in [2.45, 2.75) is 13.8 Å². The molecule has 1 amide bonds. The van der Waals surface area contributed by atoms with Gasteiger partial charge in [0.15, 0.2) is 11.5 Å². The van der Waals surface area contributed by atoms with Crippen LogP contribution in [0.15, 0.2) is 70.4 Å². The van der Waals surface area contributed by atoms with Gasteiger partial charge in [-0.25, -0.2) is 10.2 Å². The second-order valence-electron chi connectivity index (χ2n) is 6.52. The van der Waals surface area contributed by atoms with Crippen molar-refractivity contribution in [1.29, 1.82) is 0 Å². The molecule has 0 unspecified atom stereocenters. The Morgan fingerprint density at radius 1 is 1.10 bits per heavy atom. The van der Waals surface area contributed by atoms with Crippen molar-refractivity contribution < 1.29 is 23.5 Å². The summed E-state index contributed by atoms with van der Waals surface area (Å²) in [5.41, 5.74) is 5.12. The monoisotopic (exact) mass is 421 g/mol. The minimum Gasteiger partial charge on any atom is -0.490 e. The predicted molar refractivity (Wildman–Crippen MR) is 117 cm³/mol. The maximum atomic E-state index is 12.1. The summed E-state index contributed by atoms with van der Waals surface area (Å²) < 4.78 is 15.9. The van der Waals surface area contributed by atoms with Gasteiger partial charge < -0.3 is 19.2 Å². The summed E-state index contributed by atoms with van der Waals surface area (Å²) in [5.74, 6) is -0.188. The second kappa shape index (κ2) is 10.6. The Hall–Kier alpha value is -4.07. The van der Waals surface area contributed by atoms with Crippen molar-refractivity contribution >= 4 is 23.8 Å². The van der Waals surface area contributed by atoms with Crippen LogP contribution < -0.4 is 20.2 Å². The Morgan fingerprint density at radius 2 is 1.90 bits per heavy atom. The van der Waals surface area contributed by atoms with Crippen LogP contribution in [0.3, 0.4) is 0 Å². The van der Waals surface area contributed by atoms with Gasteiger partial charge in [-0.15, -0.1) is 0 Å². The van der Waals surface area contributed by atoms with Crippen LogP contribution in [0.1, 0.15) is 28.6 Å². The van der Waals surface area contributed by atoms with E-state index in [-0.39, 0.29) is 24.0 Å². The molecule has 0 aliphatic heterocycles. The molecule has 0 fully saturated rings. The maximum absolute atomic E-state index is 12.1. The molecule has 2 aromatic carbocycles. The van der Waals surface area contributed by atoms with E-state index in [1.54, 1.807) is 24.3 Å². The third-order valence-electron chi connectivity index (χ3n) is 4.10. The molecule has 0 spiro atoms. The van der Waals surface area contributed by atoms with Crippen molar-refractivity contribution in [3.63, 3.8) is 0 Å². The van der Waals surface area contributed by atoms with E-state index < -0.39 is 5.97 Å². The summed E-state index contributed by atoms with van der Waals surface area (Å²) in [6.07, 6.45) is 2.87. The van der Waals surface area contributed by atoms with E-state index in [2.05, 4.69) is 15.8 Å². The third-order valence-corrected chi connectivity index (χ3v) is 4.10. The number of carbonyl (C=O) groups excluding carboxylic acids is 2. The highest BCUT2D eigenvalue weighted by Crippen LogP contribution is 2.29. The number of furan rings is 1. The summed E-state index contributed by atoms with van der Waals surface area (Å²) in [7, 11) is 0. The topological polar surface area (TPSA) is 102 Å². The van der Waals surface area contributed by atoms with Gasteiger partial charge in [-0.2, -0.15) is 5.10 Å². The molecule has 31 heavy (non-hydrogen) atoms. The molecule has 0 aliphatic rings. The molecule has 1 aromatic heterocycles. The lowest BCUT2D eigenvalue weighted by molar-refractivity contribution is -0.119. The fourth-order valence-corrected chi connectivity index (χ4v) is 2.57. The minimum atomic E-state index is -0.624. The number of hydrogen-bond acceptors (Lipinski definition) is 7. The molecular formula is C23H23N3O5. The van der Waals surface area contributed by atoms with E-state index in [9.17, 15) is 9.59 Å². The molecule has 0 radical (unpaired) electrons. The average Bonchev–Trinajstić information content (AvgIpc) is 3.30. The number of ether oxygens (including phenoxy) is 2. The highest BCUT2D eigenvalue weighted by molar-refractivity contribution is 5.89. The Kier molecular flexibility index (Phi) is 7.42. The quantitative estimate of drug-likeness (QED) is 0.236. The van der Waals surface area contributed by atoms with Gasteiger partial charge in [-0.05, 0) is 61.9 Å². The second-order valence-corrected chi connectivity index (χ2v) is 6.52. The average molecular weight is 421 g/mol. The molecule has 0 atom stereocenters. The van der Waals surface area contributed by atoms with Gasteiger partial charge in [0.1, 0.15) is 0 Å². The van der Waals surface area contributed by atoms with Gasteiger partial charge in [-0.1, -0.05) is 17.7 Å². The van der Waals surface area contributed by atoms with Crippen molar-refractivity contribution in [2.75, 3.05) is 18.5 Å². The van der Waals surface area contributed by atoms with E-state index in [0.29, 0.717) is 17.9 Å². The zero-order valence-corrected chi connectivity index (χ0v) is 17.3. The maximum Gasteiger partial charge on any atom is 0.379 e. The van der Waals surface area contributed by atoms with Gasteiger partial charge in [-0.3, -0.25) is 4.79 Å². The van der Waals surface area contributed by atoms with Crippen LogP contribution in [0, 0.1) is 6.92 Å². The fourth-order valence-electron chi connectivity index (χ4n) is 2.57. The number of benzene rings is 2. The van der Waals surface area contributed by atoms with E-state index in [1.807, 2.05) is 38.1 Å². The Balaban J connectivity index is 1.56. The summed E-state index contributed by atoms with van der Waals surface area (Å²) in [4.78, 5) is 24.0. The number of rotatable bonds is 9. The standard InChI is InChI=1S/C23H23N3O5/c1-3-29-21-13-17(8-11-19(21)31-23(28)20-5-4-12-30-20)14-25-26-22(27)15-24-18-9-6-16(2)7-10-18/h4-14,24H,3,15H2,1-2H3,(H,26,27)/b25-14+. The zero-order chi connectivity index (χ0) is 22.1. The fraction of sp³-hybridized carbons (Fsp3) is 0.174. The highest BCUT2D eigenvalue weighted by atomic mass is 16.6. The Bertz CT molecular complexity index is 1040. The highest BCUT2D eigenvalue weighted by Gasteiger charge is 2.15. The van der Waals surface area contributed by atoms with Crippen LogP contribution in [-0.2, 0) is 4.79 Å². The Labute approximate surface area is 179 Å². The molecule has 160 valence electrons. The number of nitrogens with zero attached hydrogens (tertiary/aromatic N) is 1. The lowest BCUT2D eigenvalue weighted by Crippen LogP contribution is -2.25. The van der Waals surface area contributed by atoms with Gasteiger partial charge in [0.05, 0.1) is 25.6 Å². The molecule has 1 heterocycles. The first kappa shape index (κ1) is 21.6. The van der Waals surface area contributed by atoms with Crippen molar-refractivity contribution in [1.82, 2.24) is 5.43 Å². The number of carbonyl (C=O) groups is 2. The van der Waals surface area contributed by atoms with Crippen LogP contribution in [0.2, 0.25) is 0 Å². The number of hydrazone groups is 1. The largest absolute Gasteiger partial charge is 0.490 e. The predicted octanol–water partition coefficient (Wildman–Crippen LogP) is 3.77. The lowest BCUT2D eigenvalue weighted by atomic mass is 10.2. The van der Waals surface area contributed by atoms with Crippen LogP contribution in [0.25, 0.3) is 0 Å². The van der Waals surface area contributed by atoms with Gasteiger partial charge in [0, 0.05) is 5.69 Å². The molecular weight excluding hydrogens is 398 g/mol. The first-order valence-corrected chi connectivity index (χ1v) is 9.70. The van der Waals surface area contributed by atoms with Gasteiger partial charge in [0.25, 0.3) is 5.91 Å². The molecule has 2 N–H and O–H groups in total. The summed E-state index contributed by atoms with van der Waals surface area (Å²) in [6.45, 7) is 4.29. The molecule has 0 bridgehead atoms. The number of esters is 1. The smallest absolute Gasteiger partial charge is 0.379 e. The number of aryl methyl sites for hydroxylation is 1. The van der Waals surface area contributed by atoms with Gasteiger partial charge in [0.2, 0.25) is 5.76 Å². The summed E-state index contributed by atoms with van der Waals surface area (Å²) in [5, 5.41) is 6.98. The number of hydrogen-bond donors (Lipinski definition) is 2. The summed E-state index contributed by atoms with van der Waals surface area (Å²) in [6, 6.07) is 15.8. The first-order valence-electron chi connectivity index (χ1n) is 9.70. The molecule has 0 saturated carbocycles. The molecule has 3 aromatic rings. The van der Waals surface area contributed by atoms with Crippen molar-refractivity contribution in [3.8, 4) is 11.5 Å². The van der Waals surface area contributed by atoms with E-state index >= 15 is 0 Å². The van der Waals surface area contributed by atoms with Crippen molar-refractivity contribution in [2.24, 2.45) is 5.10 Å². The Morgan fingerprint density at radius 3 is 2.61 bits per heavy atom. The number of amides is 1. The number of nitrogens with one attached hydrogen (secondary N) is 2. The summed E-state index contributed by atoms with van der Waals surface area (Å²) >= 11 is 0. The van der Waals surface area contributed by atoms with Crippen LogP contribution >= 0.6 is 0 Å². The number of anilines is 1. The van der Waals surface area contributed by atoms with Crippen LogP contribution in [-0.4, -0.2) is 31.2 Å². The third kappa shape index (κ3) is 6.46. The van der Waals surface area contributed by atoms with Crippen LogP contribution in [0.4, 0.5) is 5.69 Å². The van der Waals surface area contributed by atoms with E-state index in [1.165, 1.54) is 18.5 Å². The molecule has 3 rings (SSSR count). The van der Waals surface area contributed by atoms with E-state index in [4.69, 9.17) is 13.9 Å². The molecule has 0 saturated heterocycles. The molecule has 0 aliphatic carbocycles. The minimum absolute atomic E-state index is 0.0895. The zero-order valence-electron chi connectivity index (χ0n) is 17.3. The normalized spacial score (nSPS) is 10.6. The SMILES string of the molecule is CCOc1cc(/C=N/NC(=O)CNc2ccc(C)cc2)ccc1OC(=O)c1ccco1.